The lowest BCUT2D eigenvalue weighted by Gasteiger charge is -2.10. The average Bonchev–Trinajstić information content (AvgIpc) is 3.30. The normalized spacial score (nSPS) is 11.3. The van der Waals surface area contributed by atoms with Crippen molar-refractivity contribution in [3.8, 4) is 10.4 Å². The summed E-state index contributed by atoms with van der Waals surface area (Å²) in [5.74, 6) is 0.393. The molecule has 0 fully saturated rings. The molecule has 0 aliphatic carbocycles. The van der Waals surface area contributed by atoms with E-state index in [9.17, 15) is 9.18 Å². The van der Waals surface area contributed by atoms with Gasteiger partial charge in [0.25, 0.3) is 5.56 Å². The first-order valence-electron chi connectivity index (χ1n) is 8.10. The van der Waals surface area contributed by atoms with Crippen LogP contribution in [0.15, 0.2) is 57.1 Å². The summed E-state index contributed by atoms with van der Waals surface area (Å²) in [6.45, 7) is 2.52. The summed E-state index contributed by atoms with van der Waals surface area (Å²) in [7, 11) is 0. The van der Waals surface area contributed by atoms with Crippen LogP contribution in [0.4, 0.5) is 4.39 Å². The highest BCUT2D eigenvalue weighted by Crippen LogP contribution is 2.34. The van der Waals surface area contributed by atoms with Crippen LogP contribution in [0.25, 0.3) is 20.7 Å². The fourth-order valence-corrected chi connectivity index (χ4v) is 5.56. The number of aromatic nitrogens is 2. The van der Waals surface area contributed by atoms with Crippen LogP contribution < -0.4 is 5.56 Å². The van der Waals surface area contributed by atoms with Crippen molar-refractivity contribution in [2.24, 2.45) is 0 Å². The summed E-state index contributed by atoms with van der Waals surface area (Å²) >= 11 is 4.63. The molecule has 4 rings (SSSR count). The molecule has 0 saturated carbocycles. The van der Waals surface area contributed by atoms with Crippen molar-refractivity contribution >= 4 is 44.7 Å². The van der Waals surface area contributed by atoms with Gasteiger partial charge in [-0.25, -0.2) is 9.37 Å². The summed E-state index contributed by atoms with van der Waals surface area (Å²) in [5.41, 5.74) is 1.97. The van der Waals surface area contributed by atoms with E-state index in [2.05, 4.69) is 0 Å². The van der Waals surface area contributed by atoms with Gasteiger partial charge in [0.15, 0.2) is 5.16 Å². The second kappa shape index (κ2) is 7.34. The number of thioether (sulfide) groups is 1. The maximum Gasteiger partial charge on any atom is 0.263 e. The minimum Gasteiger partial charge on any atom is -0.287 e. The van der Waals surface area contributed by atoms with E-state index in [0.29, 0.717) is 22.8 Å². The quantitative estimate of drug-likeness (QED) is 0.320. The second-order valence-corrected chi connectivity index (χ2v) is 8.41. The minimum absolute atomic E-state index is 0.00348. The molecule has 0 aliphatic heterocycles. The summed E-state index contributed by atoms with van der Waals surface area (Å²) in [6.07, 6.45) is 0. The third kappa shape index (κ3) is 3.22. The zero-order valence-electron chi connectivity index (χ0n) is 13.9. The van der Waals surface area contributed by atoms with Crippen LogP contribution in [-0.2, 0) is 12.3 Å². The first-order chi connectivity index (χ1) is 12.7. The van der Waals surface area contributed by atoms with Crippen molar-refractivity contribution in [1.82, 2.24) is 9.55 Å². The molecule has 3 heterocycles. The first kappa shape index (κ1) is 17.5. The molecule has 3 nitrogen and oxygen atoms in total. The maximum absolute atomic E-state index is 13.1. The Labute approximate surface area is 162 Å². The van der Waals surface area contributed by atoms with Crippen molar-refractivity contribution in [3.05, 3.63) is 68.9 Å². The van der Waals surface area contributed by atoms with Crippen LogP contribution in [0, 0.1) is 5.82 Å². The van der Waals surface area contributed by atoms with Gasteiger partial charge < -0.3 is 0 Å². The van der Waals surface area contributed by atoms with Gasteiger partial charge in [-0.05, 0) is 36.1 Å². The summed E-state index contributed by atoms with van der Waals surface area (Å²) < 4.78 is 14.8. The van der Waals surface area contributed by atoms with E-state index in [4.69, 9.17) is 4.98 Å². The van der Waals surface area contributed by atoms with Gasteiger partial charge in [-0.1, -0.05) is 30.0 Å². The SMILES string of the molecule is CCn1c(SCc2ccc(F)cc2)nc2scc(-c3cccs3)c2c1=O. The van der Waals surface area contributed by atoms with Gasteiger partial charge in [-0.2, -0.15) is 0 Å². The number of hydrogen-bond acceptors (Lipinski definition) is 5. The van der Waals surface area contributed by atoms with E-state index < -0.39 is 0 Å². The smallest absolute Gasteiger partial charge is 0.263 e. The highest BCUT2D eigenvalue weighted by Gasteiger charge is 2.17. The molecule has 4 aromatic rings. The van der Waals surface area contributed by atoms with Crippen LogP contribution in [0.3, 0.4) is 0 Å². The van der Waals surface area contributed by atoms with Crippen molar-refractivity contribution in [1.29, 1.82) is 0 Å². The van der Waals surface area contributed by atoms with Gasteiger partial charge in [0.05, 0.1) is 5.39 Å². The highest BCUT2D eigenvalue weighted by molar-refractivity contribution is 7.98. The summed E-state index contributed by atoms with van der Waals surface area (Å²) in [4.78, 5) is 19.7. The van der Waals surface area contributed by atoms with Crippen molar-refractivity contribution in [3.63, 3.8) is 0 Å². The second-order valence-electron chi connectivity index (χ2n) is 5.67. The van der Waals surface area contributed by atoms with Gasteiger partial charge in [0, 0.05) is 28.1 Å². The molecule has 0 amide bonds. The Balaban J connectivity index is 1.74. The molecular formula is C19H15FN2OS3. The third-order valence-corrected chi connectivity index (χ3v) is 6.87. The monoisotopic (exact) mass is 402 g/mol. The van der Waals surface area contributed by atoms with E-state index in [1.54, 1.807) is 28.0 Å². The Kier molecular flexibility index (Phi) is 4.93. The van der Waals surface area contributed by atoms with Gasteiger partial charge >= 0.3 is 0 Å². The molecule has 0 radical (unpaired) electrons. The number of halogens is 1. The molecule has 7 heteroatoms. The standard InChI is InChI=1S/C19H15FN2OS3/c1-2-22-18(23)16-14(15-4-3-9-24-15)11-25-17(16)21-19(22)26-10-12-5-7-13(20)8-6-12/h3-9,11H,2,10H2,1H3. The molecule has 0 bridgehead atoms. The van der Waals surface area contributed by atoms with Crippen LogP contribution in [0.2, 0.25) is 0 Å². The molecule has 132 valence electrons. The first-order valence-corrected chi connectivity index (χ1v) is 10.8. The number of hydrogen-bond donors (Lipinski definition) is 0. The number of nitrogens with zero attached hydrogens (tertiary/aromatic N) is 2. The topological polar surface area (TPSA) is 34.9 Å². The lowest BCUT2D eigenvalue weighted by molar-refractivity contribution is 0.627. The Bertz CT molecular complexity index is 1100. The van der Waals surface area contributed by atoms with Gasteiger partial charge in [-0.15, -0.1) is 22.7 Å². The average molecular weight is 403 g/mol. The van der Waals surface area contributed by atoms with Crippen LogP contribution in [-0.4, -0.2) is 9.55 Å². The predicted octanol–water partition coefficient (Wildman–Crippen LogP) is 5.64. The maximum atomic E-state index is 13.1. The van der Waals surface area contributed by atoms with Crippen molar-refractivity contribution in [2.75, 3.05) is 0 Å². The van der Waals surface area contributed by atoms with E-state index >= 15 is 0 Å². The molecule has 0 spiro atoms. The summed E-state index contributed by atoms with van der Waals surface area (Å²) in [6, 6.07) is 10.4. The Morgan fingerprint density at radius 3 is 2.69 bits per heavy atom. The lowest BCUT2D eigenvalue weighted by Crippen LogP contribution is -2.22. The van der Waals surface area contributed by atoms with Crippen LogP contribution in [0.1, 0.15) is 12.5 Å². The van der Waals surface area contributed by atoms with E-state index in [-0.39, 0.29) is 11.4 Å². The number of benzene rings is 1. The Hall–Kier alpha value is -1.96. The molecule has 3 aromatic heterocycles. The highest BCUT2D eigenvalue weighted by atomic mass is 32.2. The van der Waals surface area contributed by atoms with Crippen LogP contribution >= 0.6 is 34.4 Å². The van der Waals surface area contributed by atoms with E-state index in [1.807, 2.05) is 29.8 Å². The number of fused-ring (bicyclic) bond motifs is 1. The minimum atomic E-state index is -0.247. The van der Waals surface area contributed by atoms with Crippen LogP contribution in [0.5, 0.6) is 0 Å². The van der Waals surface area contributed by atoms with Gasteiger partial charge in [0.1, 0.15) is 10.6 Å². The Morgan fingerprint density at radius 2 is 2.00 bits per heavy atom. The Morgan fingerprint density at radius 1 is 1.19 bits per heavy atom. The zero-order chi connectivity index (χ0) is 18.1. The largest absolute Gasteiger partial charge is 0.287 e. The van der Waals surface area contributed by atoms with Crippen molar-refractivity contribution < 1.29 is 4.39 Å². The molecule has 0 aliphatic rings. The molecule has 0 N–H and O–H groups in total. The fourth-order valence-electron chi connectivity index (χ4n) is 2.74. The zero-order valence-corrected chi connectivity index (χ0v) is 16.4. The molecule has 0 atom stereocenters. The fraction of sp³-hybridized carbons (Fsp3) is 0.158. The van der Waals surface area contributed by atoms with E-state index in [0.717, 1.165) is 20.8 Å². The number of rotatable bonds is 5. The van der Waals surface area contributed by atoms with Gasteiger partial charge in [-0.3, -0.25) is 9.36 Å². The lowest BCUT2D eigenvalue weighted by atomic mass is 10.2. The van der Waals surface area contributed by atoms with Crippen molar-refractivity contribution in [2.45, 2.75) is 24.4 Å². The van der Waals surface area contributed by atoms with E-state index in [1.165, 1.54) is 35.2 Å². The summed E-state index contributed by atoms with van der Waals surface area (Å²) in [5, 5.41) is 5.43. The molecule has 0 unspecified atom stereocenters. The number of thiophene rings is 2. The van der Waals surface area contributed by atoms with Gasteiger partial charge in [0.2, 0.25) is 0 Å². The molecule has 26 heavy (non-hydrogen) atoms. The molecule has 0 saturated heterocycles. The third-order valence-electron chi connectivity index (χ3n) is 4.04. The molecule has 1 aromatic carbocycles. The predicted molar refractivity (Wildman–Crippen MR) is 109 cm³/mol. The molecular weight excluding hydrogens is 387 g/mol.